The Bertz CT molecular complexity index is 986. The molecule has 1 N–H and O–H groups in total. The molecule has 1 aromatic carbocycles. The number of fused-ring (bicyclic) bond motifs is 1. The summed E-state index contributed by atoms with van der Waals surface area (Å²) in [7, 11) is 0. The van der Waals surface area contributed by atoms with Crippen molar-refractivity contribution in [2.75, 3.05) is 6.61 Å². The maximum Gasteiger partial charge on any atom is 0.336 e. The van der Waals surface area contributed by atoms with Crippen molar-refractivity contribution in [3.8, 4) is 5.75 Å². The van der Waals surface area contributed by atoms with Gasteiger partial charge in [0.25, 0.3) is 0 Å². The van der Waals surface area contributed by atoms with Crippen LogP contribution in [0.25, 0.3) is 11.0 Å². The third kappa shape index (κ3) is 4.72. The fraction of sp³-hybridized carbons (Fsp3) is 0.500. The second-order valence-corrected chi connectivity index (χ2v) is 8.73. The number of carbonyl (C=O) groups is 1. The van der Waals surface area contributed by atoms with E-state index < -0.39 is 5.97 Å². The summed E-state index contributed by atoms with van der Waals surface area (Å²) >= 11 is 0. The molecule has 2 aromatic rings. The van der Waals surface area contributed by atoms with Gasteiger partial charge >= 0.3 is 11.6 Å². The van der Waals surface area contributed by atoms with E-state index in [0.29, 0.717) is 24.4 Å². The van der Waals surface area contributed by atoms with E-state index in [1.165, 1.54) is 17.2 Å². The van der Waals surface area contributed by atoms with E-state index in [4.69, 9.17) is 9.15 Å². The molecule has 3 rings (SSSR count). The van der Waals surface area contributed by atoms with Crippen LogP contribution in [0.5, 0.6) is 5.75 Å². The summed E-state index contributed by atoms with van der Waals surface area (Å²) < 4.78 is 11.4. The van der Waals surface area contributed by atoms with Crippen LogP contribution < -0.4 is 10.4 Å². The molecule has 0 radical (unpaired) electrons. The van der Waals surface area contributed by atoms with Crippen LogP contribution in [0.2, 0.25) is 0 Å². The van der Waals surface area contributed by atoms with Gasteiger partial charge in [0.15, 0.2) is 0 Å². The summed E-state index contributed by atoms with van der Waals surface area (Å²) in [5, 5.41) is 10.1. The molecule has 1 aliphatic rings. The first-order valence-corrected chi connectivity index (χ1v) is 10.3. The summed E-state index contributed by atoms with van der Waals surface area (Å²) in [5.74, 6) is -0.126. The SMILES string of the molecule is CC1=C(C)[C@H](CC[C@@H](C)C(=O)O)[C@@](C)(COc2ccc3ccc(=O)oc3c2)CC1. The Hall–Kier alpha value is -2.56. The maximum atomic E-state index is 11.5. The summed E-state index contributed by atoms with van der Waals surface area (Å²) in [6.07, 6.45) is 3.53. The first-order chi connectivity index (χ1) is 13.7. The Morgan fingerprint density at radius 1 is 1.31 bits per heavy atom. The molecule has 1 heterocycles. The number of benzene rings is 1. The molecule has 3 atom stereocenters. The van der Waals surface area contributed by atoms with Gasteiger partial charge in [-0.05, 0) is 63.6 Å². The van der Waals surface area contributed by atoms with E-state index in [1.807, 2.05) is 12.1 Å². The van der Waals surface area contributed by atoms with Gasteiger partial charge in [0, 0.05) is 22.9 Å². The van der Waals surface area contributed by atoms with Crippen molar-refractivity contribution in [2.24, 2.45) is 17.3 Å². The van der Waals surface area contributed by atoms with Gasteiger partial charge in [-0.3, -0.25) is 4.79 Å². The number of ether oxygens (including phenoxy) is 1. The molecule has 29 heavy (non-hydrogen) atoms. The van der Waals surface area contributed by atoms with Crippen molar-refractivity contribution < 1.29 is 19.1 Å². The molecule has 0 amide bonds. The third-order valence-corrected chi connectivity index (χ3v) is 6.58. The number of carboxylic acids is 1. The van der Waals surface area contributed by atoms with Crippen molar-refractivity contribution in [1.29, 1.82) is 0 Å². The zero-order valence-electron chi connectivity index (χ0n) is 17.7. The van der Waals surface area contributed by atoms with Gasteiger partial charge in [-0.15, -0.1) is 0 Å². The minimum atomic E-state index is -0.741. The monoisotopic (exact) mass is 398 g/mol. The van der Waals surface area contributed by atoms with Crippen LogP contribution in [-0.2, 0) is 4.79 Å². The molecule has 0 saturated carbocycles. The lowest BCUT2D eigenvalue weighted by atomic mass is 9.64. The normalized spacial score (nSPS) is 23.2. The molecule has 0 saturated heterocycles. The Labute approximate surface area is 171 Å². The molecule has 1 aromatic heterocycles. The predicted molar refractivity (Wildman–Crippen MR) is 113 cm³/mol. The molecule has 5 heteroatoms. The molecule has 0 bridgehead atoms. The minimum absolute atomic E-state index is 0.0751. The van der Waals surface area contributed by atoms with Gasteiger partial charge in [0.2, 0.25) is 0 Å². The van der Waals surface area contributed by atoms with Gasteiger partial charge in [0.05, 0.1) is 12.5 Å². The largest absolute Gasteiger partial charge is 0.493 e. The summed E-state index contributed by atoms with van der Waals surface area (Å²) in [6.45, 7) is 8.89. The van der Waals surface area contributed by atoms with Crippen LogP contribution in [0.15, 0.2) is 50.7 Å². The second-order valence-electron chi connectivity index (χ2n) is 8.73. The van der Waals surface area contributed by atoms with Crippen molar-refractivity contribution >= 4 is 16.9 Å². The van der Waals surface area contributed by atoms with Crippen LogP contribution in [0.3, 0.4) is 0 Å². The topological polar surface area (TPSA) is 76.7 Å². The minimum Gasteiger partial charge on any atom is -0.493 e. The molecular formula is C24H30O5. The number of hydrogen-bond donors (Lipinski definition) is 1. The molecule has 0 spiro atoms. The highest BCUT2D eigenvalue weighted by atomic mass is 16.5. The number of allylic oxidation sites excluding steroid dienone is 2. The lowest BCUT2D eigenvalue weighted by Gasteiger charge is -2.43. The number of hydrogen-bond acceptors (Lipinski definition) is 4. The zero-order valence-corrected chi connectivity index (χ0v) is 17.7. The molecule has 1 aliphatic carbocycles. The van der Waals surface area contributed by atoms with E-state index in [2.05, 4.69) is 20.8 Å². The van der Waals surface area contributed by atoms with Crippen molar-refractivity contribution in [2.45, 2.75) is 53.4 Å². The quantitative estimate of drug-likeness (QED) is 0.497. The van der Waals surface area contributed by atoms with Crippen LogP contribution in [0.4, 0.5) is 0 Å². The average molecular weight is 398 g/mol. The standard InChI is InChI=1S/C24H30O5/c1-15-11-12-24(4,20(17(15)3)9-5-16(2)23(26)27)14-28-19-8-6-18-7-10-22(25)29-21(18)13-19/h6-8,10,13,16,20H,5,9,11-12,14H2,1-4H3,(H,26,27)/t16-,20+,24-/m1/s1. The number of carboxylic acid groups (broad SMARTS) is 1. The number of rotatable bonds is 7. The van der Waals surface area contributed by atoms with Gasteiger partial charge in [-0.1, -0.05) is 25.0 Å². The first-order valence-electron chi connectivity index (χ1n) is 10.3. The zero-order chi connectivity index (χ0) is 21.2. The van der Waals surface area contributed by atoms with Crippen LogP contribution in [0, 0.1) is 17.3 Å². The Balaban J connectivity index is 1.77. The van der Waals surface area contributed by atoms with Gasteiger partial charge in [0.1, 0.15) is 11.3 Å². The first kappa shape index (κ1) is 21.2. The average Bonchev–Trinajstić information content (AvgIpc) is 2.69. The molecule has 5 nitrogen and oxygen atoms in total. The Morgan fingerprint density at radius 2 is 2.03 bits per heavy atom. The van der Waals surface area contributed by atoms with E-state index in [-0.39, 0.29) is 22.9 Å². The molecule has 0 aliphatic heterocycles. The van der Waals surface area contributed by atoms with Gasteiger partial charge in [-0.25, -0.2) is 4.79 Å². The lowest BCUT2D eigenvalue weighted by molar-refractivity contribution is -0.141. The van der Waals surface area contributed by atoms with Crippen molar-refractivity contribution in [1.82, 2.24) is 0 Å². The van der Waals surface area contributed by atoms with E-state index in [0.717, 1.165) is 24.6 Å². The highest BCUT2D eigenvalue weighted by Gasteiger charge is 2.39. The van der Waals surface area contributed by atoms with Crippen LogP contribution in [-0.4, -0.2) is 17.7 Å². The predicted octanol–water partition coefficient (Wildman–Crippen LogP) is 5.43. The highest BCUT2D eigenvalue weighted by Crippen LogP contribution is 2.47. The van der Waals surface area contributed by atoms with E-state index in [1.54, 1.807) is 19.1 Å². The Morgan fingerprint density at radius 3 is 2.76 bits per heavy atom. The van der Waals surface area contributed by atoms with E-state index in [9.17, 15) is 14.7 Å². The summed E-state index contributed by atoms with van der Waals surface area (Å²) in [6, 6.07) is 8.69. The lowest BCUT2D eigenvalue weighted by Crippen LogP contribution is -2.38. The second kappa shape index (κ2) is 8.44. The Kier molecular flexibility index (Phi) is 6.15. The van der Waals surface area contributed by atoms with Crippen molar-refractivity contribution in [3.63, 3.8) is 0 Å². The summed E-state index contributed by atoms with van der Waals surface area (Å²) in [5.41, 5.74) is 2.83. The highest BCUT2D eigenvalue weighted by molar-refractivity contribution is 5.77. The maximum absolute atomic E-state index is 11.5. The van der Waals surface area contributed by atoms with E-state index >= 15 is 0 Å². The molecule has 156 valence electrons. The smallest absolute Gasteiger partial charge is 0.336 e. The fourth-order valence-corrected chi connectivity index (χ4v) is 4.32. The van der Waals surface area contributed by atoms with Gasteiger partial charge in [-0.2, -0.15) is 0 Å². The molecule has 0 unspecified atom stereocenters. The van der Waals surface area contributed by atoms with Crippen LogP contribution in [0.1, 0.15) is 53.4 Å². The van der Waals surface area contributed by atoms with Crippen LogP contribution >= 0.6 is 0 Å². The molecular weight excluding hydrogens is 368 g/mol. The van der Waals surface area contributed by atoms with Crippen molar-refractivity contribution in [3.05, 3.63) is 51.9 Å². The third-order valence-electron chi connectivity index (χ3n) is 6.58. The molecule has 0 fully saturated rings. The number of aliphatic carboxylic acids is 1. The summed E-state index contributed by atoms with van der Waals surface area (Å²) in [4.78, 5) is 22.7. The fourth-order valence-electron chi connectivity index (χ4n) is 4.32. The van der Waals surface area contributed by atoms with Gasteiger partial charge < -0.3 is 14.3 Å².